The number of aryl methyl sites for hydroxylation is 1. The number of pyridine rings is 1. The summed E-state index contributed by atoms with van der Waals surface area (Å²) in [5.74, 6) is 0.606. The lowest BCUT2D eigenvalue weighted by molar-refractivity contribution is 0.103. The predicted molar refractivity (Wildman–Crippen MR) is 74.6 cm³/mol. The van der Waals surface area contributed by atoms with Gasteiger partial charge in [-0.2, -0.15) is 0 Å². The van der Waals surface area contributed by atoms with Crippen molar-refractivity contribution in [2.24, 2.45) is 0 Å². The van der Waals surface area contributed by atoms with E-state index < -0.39 is 0 Å². The third kappa shape index (κ3) is 3.41. The molecule has 0 bridgehead atoms. The molecule has 0 aliphatic carbocycles. The normalized spacial score (nSPS) is 10.2. The Morgan fingerprint density at radius 1 is 1.16 bits per heavy atom. The third-order valence-corrected chi connectivity index (χ3v) is 2.76. The maximum Gasteiger partial charge on any atom is 0.194 e. The molecule has 0 amide bonds. The van der Waals surface area contributed by atoms with E-state index in [2.05, 4.69) is 4.98 Å². The highest BCUT2D eigenvalue weighted by molar-refractivity contribution is 6.08. The lowest BCUT2D eigenvalue weighted by Crippen LogP contribution is -2.03. The summed E-state index contributed by atoms with van der Waals surface area (Å²) in [7, 11) is 0. The molecule has 3 nitrogen and oxygen atoms in total. The minimum absolute atomic E-state index is 0.0329. The van der Waals surface area contributed by atoms with E-state index in [1.165, 1.54) is 0 Å². The van der Waals surface area contributed by atoms with Crippen molar-refractivity contribution in [3.63, 3.8) is 0 Å². The van der Waals surface area contributed by atoms with E-state index in [1.807, 2.05) is 38.1 Å². The number of ether oxygens (including phenoxy) is 1. The highest BCUT2D eigenvalue weighted by Gasteiger charge is 2.10. The molecule has 1 heterocycles. The number of carbonyl (C=O) groups excluding carboxylic acids is 1. The average molecular weight is 255 g/mol. The topological polar surface area (TPSA) is 39.2 Å². The smallest absolute Gasteiger partial charge is 0.194 e. The molecular formula is C16H17NO2. The Bertz CT molecular complexity index is 561. The molecule has 0 aliphatic heterocycles. The van der Waals surface area contributed by atoms with Crippen molar-refractivity contribution in [2.45, 2.75) is 20.3 Å². The summed E-state index contributed by atoms with van der Waals surface area (Å²) in [5.41, 5.74) is 2.35. The second-order valence-corrected chi connectivity index (χ2v) is 4.45. The molecule has 2 rings (SSSR count). The predicted octanol–water partition coefficient (Wildman–Crippen LogP) is 3.41. The van der Waals surface area contributed by atoms with Crippen LogP contribution in [0, 0.1) is 6.92 Å². The Balaban J connectivity index is 2.21. The third-order valence-electron chi connectivity index (χ3n) is 2.76. The van der Waals surface area contributed by atoms with Crippen LogP contribution in [0.2, 0.25) is 0 Å². The molecule has 3 heteroatoms. The molecule has 0 spiro atoms. The van der Waals surface area contributed by atoms with E-state index in [4.69, 9.17) is 4.74 Å². The Morgan fingerprint density at radius 3 is 2.58 bits per heavy atom. The summed E-state index contributed by atoms with van der Waals surface area (Å²) < 4.78 is 5.49. The first-order valence-electron chi connectivity index (χ1n) is 6.40. The molecule has 2 aromatic rings. The Morgan fingerprint density at radius 2 is 1.89 bits per heavy atom. The first-order chi connectivity index (χ1) is 9.20. The van der Waals surface area contributed by atoms with Gasteiger partial charge in [0.2, 0.25) is 0 Å². The van der Waals surface area contributed by atoms with Gasteiger partial charge >= 0.3 is 0 Å². The Hall–Kier alpha value is -2.16. The van der Waals surface area contributed by atoms with Crippen molar-refractivity contribution in [1.29, 1.82) is 0 Å². The molecule has 0 saturated heterocycles. The van der Waals surface area contributed by atoms with Crippen molar-refractivity contribution in [3.05, 3.63) is 59.4 Å². The van der Waals surface area contributed by atoms with Gasteiger partial charge < -0.3 is 4.74 Å². The largest absolute Gasteiger partial charge is 0.492 e. The van der Waals surface area contributed by atoms with Gasteiger partial charge in [-0.1, -0.05) is 36.8 Å². The fourth-order valence-corrected chi connectivity index (χ4v) is 1.71. The summed E-state index contributed by atoms with van der Waals surface area (Å²) in [6, 6.07) is 9.26. The molecule has 0 radical (unpaired) electrons. The van der Waals surface area contributed by atoms with Crippen LogP contribution in [0.3, 0.4) is 0 Å². The lowest BCUT2D eigenvalue weighted by Gasteiger charge is -2.06. The molecule has 0 aliphatic rings. The number of hydrogen-bond donors (Lipinski definition) is 0. The maximum atomic E-state index is 12.3. The van der Waals surface area contributed by atoms with Crippen LogP contribution < -0.4 is 4.74 Å². The number of ketones is 1. The zero-order valence-electron chi connectivity index (χ0n) is 11.2. The van der Waals surface area contributed by atoms with Crippen LogP contribution in [0.25, 0.3) is 0 Å². The van der Waals surface area contributed by atoms with Gasteiger partial charge in [0.05, 0.1) is 12.8 Å². The lowest BCUT2D eigenvalue weighted by atomic mass is 10.0. The SMILES string of the molecule is CCCOc1cncc(C(=O)c2ccc(C)cc2)c1. The number of aromatic nitrogens is 1. The van der Waals surface area contributed by atoms with Crippen LogP contribution in [0.5, 0.6) is 5.75 Å². The first kappa shape index (κ1) is 13.3. The monoisotopic (exact) mass is 255 g/mol. The van der Waals surface area contributed by atoms with E-state index in [1.54, 1.807) is 18.5 Å². The van der Waals surface area contributed by atoms with E-state index in [-0.39, 0.29) is 5.78 Å². The van der Waals surface area contributed by atoms with Crippen molar-refractivity contribution < 1.29 is 9.53 Å². The molecule has 0 atom stereocenters. The van der Waals surface area contributed by atoms with Crippen LogP contribution in [-0.4, -0.2) is 17.4 Å². The summed E-state index contributed by atoms with van der Waals surface area (Å²) in [6.45, 7) is 4.66. The van der Waals surface area contributed by atoms with Gasteiger partial charge in [0.1, 0.15) is 5.75 Å². The second kappa shape index (κ2) is 6.14. The number of rotatable bonds is 5. The van der Waals surface area contributed by atoms with E-state index in [0.717, 1.165) is 12.0 Å². The van der Waals surface area contributed by atoms with E-state index >= 15 is 0 Å². The Kier molecular flexibility index (Phi) is 4.29. The van der Waals surface area contributed by atoms with Gasteiger partial charge in [-0.05, 0) is 19.4 Å². The van der Waals surface area contributed by atoms with Gasteiger partial charge in [-0.15, -0.1) is 0 Å². The van der Waals surface area contributed by atoms with Crippen molar-refractivity contribution >= 4 is 5.78 Å². The molecule has 0 fully saturated rings. The summed E-state index contributed by atoms with van der Waals surface area (Å²) in [5, 5.41) is 0. The fraction of sp³-hybridized carbons (Fsp3) is 0.250. The van der Waals surface area contributed by atoms with Gasteiger partial charge in [-0.3, -0.25) is 9.78 Å². The highest BCUT2D eigenvalue weighted by Crippen LogP contribution is 2.15. The molecule has 19 heavy (non-hydrogen) atoms. The number of carbonyl (C=O) groups is 1. The van der Waals surface area contributed by atoms with Gasteiger partial charge in [0.15, 0.2) is 5.78 Å². The molecular weight excluding hydrogens is 238 g/mol. The molecule has 0 unspecified atom stereocenters. The summed E-state index contributed by atoms with van der Waals surface area (Å²) in [4.78, 5) is 16.3. The zero-order chi connectivity index (χ0) is 13.7. The van der Waals surface area contributed by atoms with Crippen LogP contribution in [0.1, 0.15) is 34.8 Å². The van der Waals surface area contributed by atoms with E-state index in [0.29, 0.717) is 23.5 Å². The minimum Gasteiger partial charge on any atom is -0.492 e. The average Bonchev–Trinajstić information content (AvgIpc) is 2.45. The zero-order valence-corrected chi connectivity index (χ0v) is 11.2. The van der Waals surface area contributed by atoms with Crippen LogP contribution in [-0.2, 0) is 0 Å². The van der Waals surface area contributed by atoms with Crippen LogP contribution in [0.15, 0.2) is 42.7 Å². The fourth-order valence-electron chi connectivity index (χ4n) is 1.71. The van der Waals surface area contributed by atoms with Crippen molar-refractivity contribution in [2.75, 3.05) is 6.61 Å². The quantitative estimate of drug-likeness (QED) is 0.768. The van der Waals surface area contributed by atoms with Gasteiger partial charge in [-0.25, -0.2) is 0 Å². The molecule has 1 aromatic carbocycles. The molecule has 98 valence electrons. The highest BCUT2D eigenvalue weighted by atomic mass is 16.5. The number of hydrogen-bond acceptors (Lipinski definition) is 3. The van der Waals surface area contributed by atoms with Crippen LogP contribution >= 0.6 is 0 Å². The second-order valence-electron chi connectivity index (χ2n) is 4.45. The molecule has 0 saturated carbocycles. The first-order valence-corrected chi connectivity index (χ1v) is 6.40. The summed E-state index contributed by atoms with van der Waals surface area (Å²) >= 11 is 0. The van der Waals surface area contributed by atoms with Crippen LogP contribution in [0.4, 0.5) is 0 Å². The van der Waals surface area contributed by atoms with E-state index in [9.17, 15) is 4.79 Å². The number of nitrogens with zero attached hydrogens (tertiary/aromatic N) is 1. The molecule has 1 aromatic heterocycles. The van der Waals surface area contributed by atoms with Gasteiger partial charge in [0, 0.05) is 17.3 Å². The number of benzene rings is 1. The minimum atomic E-state index is -0.0329. The van der Waals surface area contributed by atoms with Crippen molar-refractivity contribution in [1.82, 2.24) is 4.98 Å². The maximum absolute atomic E-state index is 12.3. The van der Waals surface area contributed by atoms with Crippen molar-refractivity contribution in [3.8, 4) is 5.75 Å². The Labute approximate surface area is 113 Å². The standard InChI is InChI=1S/C16H17NO2/c1-3-8-19-15-9-14(10-17-11-15)16(18)13-6-4-12(2)5-7-13/h4-7,9-11H,3,8H2,1-2H3. The molecule has 0 N–H and O–H groups in total. The van der Waals surface area contributed by atoms with Gasteiger partial charge in [0.25, 0.3) is 0 Å². The summed E-state index contributed by atoms with van der Waals surface area (Å²) in [6.07, 6.45) is 4.12.